The number of Topliss-reactive ketones (excluding diaryl/α,β-unsaturated/α-hetero) is 1. The van der Waals surface area contributed by atoms with Crippen molar-refractivity contribution in [2.45, 2.75) is 39.5 Å². The molecule has 0 bridgehead atoms. The maximum atomic E-state index is 13.1. The lowest BCUT2D eigenvalue weighted by atomic mass is 9.68. The van der Waals surface area contributed by atoms with Crippen LogP contribution in [0.4, 0.5) is 0 Å². The summed E-state index contributed by atoms with van der Waals surface area (Å²) in [5, 5.41) is 3.27. The molecule has 0 saturated carbocycles. The molecule has 3 rings (SSSR count). The van der Waals surface area contributed by atoms with Gasteiger partial charge in [0.1, 0.15) is 0 Å². The van der Waals surface area contributed by atoms with E-state index in [1.807, 2.05) is 6.92 Å². The number of allylic oxidation sites excluding steroid dienone is 3. The van der Waals surface area contributed by atoms with Crippen molar-refractivity contribution in [1.29, 1.82) is 0 Å². The number of carbonyl (C=O) groups excluding carboxylic acids is 3. The fourth-order valence-corrected chi connectivity index (χ4v) is 4.08. The van der Waals surface area contributed by atoms with E-state index in [1.54, 1.807) is 24.3 Å². The first-order valence-corrected chi connectivity index (χ1v) is 9.19. The van der Waals surface area contributed by atoms with E-state index in [0.717, 1.165) is 17.7 Å². The van der Waals surface area contributed by atoms with Gasteiger partial charge >= 0.3 is 11.9 Å². The first kappa shape index (κ1) is 19.9. The van der Waals surface area contributed by atoms with Crippen LogP contribution in [0.25, 0.3) is 0 Å². The van der Waals surface area contributed by atoms with Crippen LogP contribution in [0.5, 0.6) is 0 Å². The summed E-state index contributed by atoms with van der Waals surface area (Å²) in [5.74, 6) is -1.42. The SMILES string of the molecule is COC(=O)C1=C(C)NC2=C(C(=O)CC(C)(C)C2)[C@@H]1c1ccc(C(=O)OC)cc1. The van der Waals surface area contributed by atoms with Crippen LogP contribution < -0.4 is 5.32 Å². The predicted molar refractivity (Wildman–Crippen MR) is 103 cm³/mol. The normalized spacial score (nSPS) is 21.0. The summed E-state index contributed by atoms with van der Waals surface area (Å²) in [4.78, 5) is 37.4. The highest BCUT2D eigenvalue weighted by atomic mass is 16.5. The zero-order valence-electron chi connectivity index (χ0n) is 16.8. The van der Waals surface area contributed by atoms with E-state index in [1.165, 1.54) is 14.2 Å². The van der Waals surface area contributed by atoms with Gasteiger partial charge in [-0.25, -0.2) is 9.59 Å². The summed E-state index contributed by atoms with van der Waals surface area (Å²) in [7, 11) is 2.65. The summed E-state index contributed by atoms with van der Waals surface area (Å²) in [5.41, 5.74) is 3.58. The maximum Gasteiger partial charge on any atom is 0.337 e. The molecule has 0 spiro atoms. The highest BCUT2D eigenvalue weighted by molar-refractivity contribution is 6.04. The van der Waals surface area contributed by atoms with Crippen molar-refractivity contribution in [3.8, 4) is 0 Å². The van der Waals surface area contributed by atoms with Crippen LogP contribution in [-0.2, 0) is 19.1 Å². The van der Waals surface area contributed by atoms with Crippen LogP contribution in [0.1, 0.15) is 55.5 Å². The molecule has 1 heterocycles. The third-order valence-electron chi connectivity index (χ3n) is 5.31. The molecule has 6 nitrogen and oxygen atoms in total. The Morgan fingerprint density at radius 3 is 2.21 bits per heavy atom. The number of nitrogens with one attached hydrogen (secondary N) is 1. The van der Waals surface area contributed by atoms with Gasteiger partial charge in [-0.1, -0.05) is 26.0 Å². The summed E-state index contributed by atoms with van der Waals surface area (Å²) in [6.07, 6.45) is 1.13. The molecule has 0 saturated heterocycles. The van der Waals surface area contributed by atoms with Gasteiger partial charge in [-0.15, -0.1) is 0 Å². The molecule has 6 heteroatoms. The third kappa shape index (κ3) is 3.46. The highest BCUT2D eigenvalue weighted by Crippen LogP contribution is 2.46. The van der Waals surface area contributed by atoms with Crippen LogP contribution in [0.3, 0.4) is 0 Å². The second kappa shape index (κ2) is 7.26. The van der Waals surface area contributed by atoms with Crippen LogP contribution >= 0.6 is 0 Å². The number of rotatable bonds is 3. The lowest BCUT2D eigenvalue weighted by Crippen LogP contribution is -2.38. The first-order valence-electron chi connectivity index (χ1n) is 9.19. The number of hydrogen-bond acceptors (Lipinski definition) is 6. The van der Waals surface area contributed by atoms with Gasteiger partial charge in [0.15, 0.2) is 5.78 Å². The Morgan fingerprint density at radius 1 is 1.04 bits per heavy atom. The monoisotopic (exact) mass is 383 g/mol. The molecule has 1 atom stereocenters. The maximum absolute atomic E-state index is 13.1. The zero-order chi connectivity index (χ0) is 20.6. The van der Waals surface area contributed by atoms with Crippen LogP contribution in [0.2, 0.25) is 0 Å². The minimum Gasteiger partial charge on any atom is -0.466 e. The van der Waals surface area contributed by atoms with Crippen molar-refractivity contribution >= 4 is 17.7 Å². The summed E-state index contributed by atoms with van der Waals surface area (Å²) in [6, 6.07) is 6.81. The Kier molecular flexibility index (Phi) is 5.15. The highest BCUT2D eigenvalue weighted by Gasteiger charge is 2.42. The third-order valence-corrected chi connectivity index (χ3v) is 5.31. The van der Waals surface area contributed by atoms with Crippen LogP contribution in [0, 0.1) is 5.41 Å². The molecule has 148 valence electrons. The van der Waals surface area contributed by atoms with Crippen molar-refractivity contribution in [3.63, 3.8) is 0 Å². The number of dihydropyridines is 1. The van der Waals surface area contributed by atoms with Gasteiger partial charge < -0.3 is 14.8 Å². The van der Waals surface area contributed by atoms with E-state index in [0.29, 0.717) is 28.8 Å². The van der Waals surface area contributed by atoms with Crippen LogP contribution in [0.15, 0.2) is 46.8 Å². The predicted octanol–water partition coefficient (Wildman–Crippen LogP) is 3.25. The number of ether oxygens (including phenoxy) is 2. The Labute approximate surface area is 164 Å². The second-order valence-electron chi connectivity index (χ2n) is 8.04. The summed E-state index contributed by atoms with van der Waals surface area (Å²) >= 11 is 0. The van der Waals surface area contributed by atoms with Crippen molar-refractivity contribution in [1.82, 2.24) is 5.32 Å². The standard InChI is InChI=1S/C22H25NO5/c1-12-17(21(26)28-5)18(13-6-8-14(9-7-13)20(25)27-4)19-15(23-12)10-22(2,3)11-16(19)24/h6-9,18,23H,10-11H2,1-5H3/t18-/m1/s1. The molecule has 1 aromatic carbocycles. The Balaban J connectivity index is 2.15. The quantitative estimate of drug-likeness (QED) is 0.807. The molecular formula is C22H25NO5. The van der Waals surface area contributed by atoms with Crippen LogP contribution in [-0.4, -0.2) is 31.9 Å². The number of esters is 2. The number of carbonyl (C=O) groups is 3. The van der Waals surface area contributed by atoms with Gasteiger partial charge in [0, 0.05) is 29.3 Å². The summed E-state index contributed by atoms with van der Waals surface area (Å²) in [6.45, 7) is 5.94. The molecule has 0 aromatic heterocycles. The molecule has 0 fully saturated rings. The molecule has 1 aliphatic carbocycles. The molecule has 28 heavy (non-hydrogen) atoms. The molecule has 0 unspecified atom stereocenters. The van der Waals surface area contributed by atoms with Gasteiger partial charge in [-0.2, -0.15) is 0 Å². The Hall–Kier alpha value is -2.89. The topological polar surface area (TPSA) is 81.7 Å². The lowest BCUT2D eigenvalue weighted by molar-refractivity contribution is -0.136. The molecule has 2 aliphatic rings. The fraction of sp³-hybridized carbons (Fsp3) is 0.409. The van der Waals surface area contributed by atoms with Crippen molar-refractivity contribution in [3.05, 3.63) is 57.9 Å². The van der Waals surface area contributed by atoms with E-state index in [2.05, 4.69) is 19.2 Å². The van der Waals surface area contributed by atoms with E-state index < -0.39 is 17.9 Å². The molecule has 1 aliphatic heterocycles. The van der Waals surface area contributed by atoms with Gasteiger partial charge in [0.25, 0.3) is 0 Å². The molecule has 0 radical (unpaired) electrons. The average Bonchev–Trinajstić information content (AvgIpc) is 2.64. The van der Waals surface area contributed by atoms with Crippen molar-refractivity contribution in [2.24, 2.45) is 5.41 Å². The number of ketones is 1. The molecular weight excluding hydrogens is 358 g/mol. The second-order valence-corrected chi connectivity index (χ2v) is 8.04. The van der Waals surface area contributed by atoms with Crippen molar-refractivity contribution in [2.75, 3.05) is 14.2 Å². The molecule has 1 N–H and O–H groups in total. The van der Waals surface area contributed by atoms with E-state index in [9.17, 15) is 14.4 Å². The average molecular weight is 383 g/mol. The fourth-order valence-electron chi connectivity index (χ4n) is 4.08. The molecule has 0 amide bonds. The Bertz CT molecular complexity index is 905. The smallest absolute Gasteiger partial charge is 0.337 e. The van der Waals surface area contributed by atoms with E-state index in [4.69, 9.17) is 9.47 Å². The summed E-state index contributed by atoms with van der Waals surface area (Å²) < 4.78 is 9.75. The number of methoxy groups -OCH3 is 2. The van der Waals surface area contributed by atoms with Gasteiger partial charge in [-0.3, -0.25) is 4.79 Å². The Morgan fingerprint density at radius 2 is 1.64 bits per heavy atom. The van der Waals surface area contributed by atoms with Crippen molar-refractivity contribution < 1.29 is 23.9 Å². The minimum absolute atomic E-state index is 0.0229. The lowest BCUT2D eigenvalue weighted by Gasteiger charge is -2.39. The van der Waals surface area contributed by atoms with E-state index in [-0.39, 0.29) is 11.2 Å². The van der Waals surface area contributed by atoms with Gasteiger partial charge in [0.2, 0.25) is 0 Å². The largest absolute Gasteiger partial charge is 0.466 e. The zero-order valence-corrected chi connectivity index (χ0v) is 16.8. The van der Waals surface area contributed by atoms with E-state index >= 15 is 0 Å². The first-order chi connectivity index (χ1) is 13.2. The minimum atomic E-state index is -0.529. The van der Waals surface area contributed by atoms with Gasteiger partial charge in [0.05, 0.1) is 25.4 Å². The number of benzene rings is 1. The number of hydrogen-bond donors (Lipinski definition) is 1. The van der Waals surface area contributed by atoms with Gasteiger partial charge in [-0.05, 0) is 36.5 Å². The molecule has 1 aromatic rings.